The summed E-state index contributed by atoms with van der Waals surface area (Å²) in [6.45, 7) is 0. The molecule has 57 heavy (non-hydrogen) atoms. The van der Waals surface area contributed by atoms with Crippen LogP contribution in [0.3, 0.4) is 0 Å². The summed E-state index contributed by atoms with van der Waals surface area (Å²) >= 11 is 0. The van der Waals surface area contributed by atoms with E-state index in [0.717, 1.165) is 17.1 Å². The van der Waals surface area contributed by atoms with Crippen LogP contribution in [0.2, 0.25) is 0 Å². The predicted octanol–water partition coefficient (Wildman–Crippen LogP) is 14.3. The maximum absolute atomic E-state index is 2.52. The Kier molecular flexibility index (Phi) is 6.93. The first-order valence-corrected chi connectivity index (χ1v) is 19.6. The second kappa shape index (κ2) is 12.5. The third-order valence-electron chi connectivity index (χ3n) is 11.8. The van der Waals surface area contributed by atoms with Gasteiger partial charge in [0.25, 0.3) is 0 Å². The zero-order chi connectivity index (χ0) is 37.5. The van der Waals surface area contributed by atoms with Gasteiger partial charge in [0, 0.05) is 49.3 Å². The summed E-state index contributed by atoms with van der Waals surface area (Å²) < 4.78 is 7.35. The van der Waals surface area contributed by atoms with Crippen molar-refractivity contribution >= 4 is 65.4 Å². The van der Waals surface area contributed by atoms with E-state index >= 15 is 0 Å². The molecule has 9 aromatic carbocycles. The Morgan fingerprint density at radius 1 is 0.246 bits per heavy atom. The Balaban J connectivity index is 1.22. The van der Waals surface area contributed by atoms with Gasteiger partial charge in [0.05, 0.1) is 38.8 Å². The van der Waals surface area contributed by atoms with Crippen LogP contribution < -0.4 is 0 Å². The molecule has 12 rings (SSSR count). The third-order valence-corrected chi connectivity index (χ3v) is 11.8. The van der Waals surface area contributed by atoms with Gasteiger partial charge in [-0.05, 0) is 83.4 Å². The maximum Gasteiger partial charge on any atom is 0.0549 e. The largest absolute Gasteiger partial charge is 0.309 e. The smallest absolute Gasteiger partial charge is 0.0549 e. The van der Waals surface area contributed by atoms with Gasteiger partial charge in [-0.3, -0.25) is 0 Å². The Morgan fingerprint density at radius 3 is 1.26 bits per heavy atom. The van der Waals surface area contributed by atoms with Gasteiger partial charge in [0.1, 0.15) is 0 Å². The van der Waals surface area contributed by atoms with Gasteiger partial charge in [-0.25, -0.2) is 0 Å². The third kappa shape index (κ3) is 4.66. The van der Waals surface area contributed by atoms with Crippen LogP contribution in [0.5, 0.6) is 0 Å². The zero-order valence-corrected chi connectivity index (χ0v) is 31.0. The molecule has 0 aliphatic carbocycles. The molecule has 3 aromatic heterocycles. The second-order valence-electron chi connectivity index (χ2n) is 14.9. The van der Waals surface area contributed by atoms with Gasteiger partial charge < -0.3 is 13.7 Å². The number of benzene rings is 9. The highest BCUT2D eigenvalue weighted by Crippen LogP contribution is 2.46. The van der Waals surface area contributed by atoms with Crippen molar-refractivity contribution in [3.05, 3.63) is 212 Å². The Bertz CT molecular complexity index is 3500. The summed E-state index contributed by atoms with van der Waals surface area (Å²) in [6, 6.07) is 77.4. The molecule has 3 heteroatoms. The van der Waals surface area contributed by atoms with Crippen LogP contribution in [0.4, 0.5) is 0 Å². The fourth-order valence-electron chi connectivity index (χ4n) is 9.49. The molecule has 0 saturated heterocycles. The van der Waals surface area contributed by atoms with Crippen molar-refractivity contribution in [3.63, 3.8) is 0 Å². The molecule has 12 aromatic rings. The summed E-state index contributed by atoms with van der Waals surface area (Å²) in [6.07, 6.45) is 0. The summed E-state index contributed by atoms with van der Waals surface area (Å²) in [4.78, 5) is 0. The lowest BCUT2D eigenvalue weighted by molar-refractivity contribution is 1.17. The molecule has 3 heterocycles. The molecule has 0 spiro atoms. The summed E-state index contributed by atoms with van der Waals surface area (Å²) in [7, 11) is 0. The van der Waals surface area contributed by atoms with Crippen LogP contribution in [0.25, 0.3) is 105 Å². The van der Waals surface area contributed by atoms with E-state index in [2.05, 4.69) is 226 Å². The van der Waals surface area contributed by atoms with Crippen LogP contribution in [-0.4, -0.2) is 13.7 Å². The Labute approximate surface area is 329 Å². The van der Waals surface area contributed by atoms with E-state index in [1.54, 1.807) is 0 Å². The summed E-state index contributed by atoms with van der Waals surface area (Å²) in [5.74, 6) is 0. The van der Waals surface area contributed by atoms with E-state index in [9.17, 15) is 0 Å². The van der Waals surface area contributed by atoms with E-state index in [1.807, 2.05) is 0 Å². The molecular formula is C54H35N3. The maximum atomic E-state index is 2.52. The summed E-state index contributed by atoms with van der Waals surface area (Å²) in [5, 5.41) is 7.52. The summed E-state index contributed by atoms with van der Waals surface area (Å²) in [5.41, 5.74) is 15.4. The van der Waals surface area contributed by atoms with Crippen LogP contribution in [0.15, 0.2) is 212 Å². The number of rotatable bonds is 5. The molecule has 0 aliphatic heterocycles. The molecule has 0 bridgehead atoms. The highest BCUT2D eigenvalue weighted by Gasteiger charge is 2.24. The highest BCUT2D eigenvalue weighted by molar-refractivity contribution is 6.29. The lowest BCUT2D eigenvalue weighted by atomic mass is 9.94. The minimum Gasteiger partial charge on any atom is -0.309 e. The van der Waals surface area contributed by atoms with E-state index in [4.69, 9.17) is 0 Å². The number of nitrogens with zero attached hydrogens (tertiary/aromatic N) is 3. The van der Waals surface area contributed by atoms with Gasteiger partial charge in [-0.2, -0.15) is 0 Å². The first-order valence-electron chi connectivity index (χ1n) is 19.6. The van der Waals surface area contributed by atoms with Crippen molar-refractivity contribution in [2.75, 3.05) is 0 Å². The standard InChI is InChI=1S/C54H35N3/c1-4-17-36(18-5-1)37-31-32-40(41-26-16-30-48-52(41)42-23-10-13-27-45(42)55(48)38-19-6-2-7-20-38)51(35-37)57-47-29-15-12-25-44(47)54-50(57)34-33-49-53(54)43-24-11-14-28-46(43)56(49)39-21-8-3-9-22-39/h1-35H. The van der Waals surface area contributed by atoms with E-state index in [-0.39, 0.29) is 0 Å². The molecule has 0 fully saturated rings. The minimum absolute atomic E-state index is 1.15. The molecule has 0 aliphatic rings. The van der Waals surface area contributed by atoms with Gasteiger partial charge in [0.15, 0.2) is 0 Å². The lowest BCUT2D eigenvalue weighted by Crippen LogP contribution is -1.99. The quantitative estimate of drug-likeness (QED) is 0.168. The molecular weight excluding hydrogens is 691 g/mol. The predicted molar refractivity (Wildman–Crippen MR) is 240 cm³/mol. The van der Waals surface area contributed by atoms with Crippen molar-refractivity contribution in [1.82, 2.24) is 13.7 Å². The topological polar surface area (TPSA) is 14.8 Å². The van der Waals surface area contributed by atoms with Gasteiger partial charge in [-0.1, -0.05) is 146 Å². The van der Waals surface area contributed by atoms with Gasteiger partial charge in [-0.15, -0.1) is 0 Å². The van der Waals surface area contributed by atoms with E-state index < -0.39 is 0 Å². The van der Waals surface area contributed by atoms with Crippen molar-refractivity contribution < 1.29 is 0 Å². The van der Waals surface area contributed by atoms with E-state index in [0.29, 0.717) is 0 Å². The lowest BCUT2D eigenvalue weighted by Gasteiger charge is -2.17. The Hall–Kier alpha value is -7.62. The van der Waals surface area contributed by atoms with Crippen LogP contribution in [-0.2, 0) is 0 Å². The zero-order valence-electron chi connectivity index (χ0n) is 31.0. The second-order valence-corrected chi connectivity index (χ2v) is 14.9. The molecule has 0 atom stereocenters. The monoisotopic (exact) mass is 725 g/mol. The highest BCUT2D eigenvalue weighted by atomic mass is 15.0. The van der Waals surface area contributed by atoms with Gasteiger partial charge >= 0.3 is 0 Å². The van der Waals surface area contributed by atoms with Gasteiger partial charge in [0.2, 0.25) is 0 Å². The molecule has 0 amide bonds. The SMILES string of the molecule is c1ccc(-c2ccc(-c3cccc4c3c3ccccc3n4-c3ccccc3)c(-n3c4ccccc4c4c5c6ccccc6n(-c6ccccc6)c5ccc43)c2)cc1. The number of hydrogen-bond acceptors (Lipinski definition) is 0. The fourth-order valence-corrected chi connectivity index (χ4v) is 9.49. The average molecular weight is 726 g/mol. The molecule has 266 valence electrons. The first-order chi connectivity index (χ1) is 28.3. The van der Waals surface area contributed by atoms with Crippen LogP contribution in [0, 0.1) is 0 Å². The normalized spacial score (nSPS) is 11.9. The fraction of sp³-hybridized carbons (Fsp3) is 0. The van der Waals surface area contributed by atoms with Crippen molar-refractivity contribution in [3.8, 4) is 39.3 Å². The first kappa shape index (κ1) is 31.7. The molecule has 0 saturated carbocycles. The number of aromatic nitrogens is 3. The molecule has 0 unspecified atom stereocenters. The van der Waals surface area contributed by atoms with Crippen LogP contribution in [0.1, 0.15) is 0 Å². The van der Waals surface area contributed by atoms with Crippen molar-refractivity contribution in [1.29, 1.82) is 0 Å². The van der Waals surface area contributed by atoms with Crippen molar-refractivity contribution in [2.45, 2.75) is 0 Å². The molecule has 0 N–H and O–H groups in total. The Morgan fingerprint density at radius 2 is 0.684 bits per heavy atom. The van der Waals surface area contributed by atoms with Crippen LogP contribution >= 0.6 is 0 Å². The molecule has 3 nitrogen and oxygen atoms in total. The average Bonchev–Trinajstić information content (AvgIpc) is 3.93. The van der Waals surface area contributed by atoms with E-state index in [1.165, 1.54) is 87.7 Å². The van der Waals surface area contributed by atoms with Crippen molar-refractivity contribution in [2.24, 2.45) is 0 Å². The number of hydrogen-bond donors (Lipinski definition) is 0. The number of para-hydroxylation sites is 5. The minimum atomic E-state index is 1.15. The molecule has 0 radical (unpaired) electrons. The number of fused-ring (bicyclic) bond motifs is 10.